The summed E-state index contributed by atoms with van der Waals surface area (Å²) in [7, 11) is 1.59. The van der Waals surface area contributed by atoms with Crippen LogP contribution in [-0.4, -0.2) is 19.5 Å². The van der Waals surface area contributed by atoms with Crippen molar-refractivity contribution in [1.29, 1.82) is 0 Å². The molecule has 1 aromatic carbocycles. The molecule has 68 valence electrons. The zero-order chi connectivity index (χ0) is 9.26. The van der Waals surface area contributed by atoms with E-state index < -0.39 is 0 Å². The van der Waals surface area contributed by atoms with Crippen molar-refractivity contribution in [3.05, 3.63) is 23.8 Å². The van der Waals surface area contributed by atoms with Gasteiger partial charge in [-0.3, -0.25) is 4.79 Å². The highest BCUT2D eigenvalue weighted by Crippen LogP contribution is 2.28. The summed E-state index contributed by atoms with van der Waals surface area (Å²) >= 11 is 0. The monoisotopic (exact) mass is 178 g/mol. The van der Waals surface area contributed by atoms with Gasteiger partial charge in [0.25, 0.3) is 0 Å². The first-order valence-corrected chi connectivity index (χ1v) is 4.15. The fourth-order valence-electron chi connectivity index (χ4n) is 1.37. The van der Waals surface area contributed by atoms with Gasteiger partial charge in [-0.2, -0.15) is 0 Å². The molecule has 1 aromatic rings. The molecule has 0 aromatic heterocycles. The maximum Gasteiger partial charge on any atom is 0.169 e. The standard InChI is InChI=1S/C10H10O3/c1-12-7-2-3-8-9(11)4-5-13-10(8)6-7/h2-3,6H,4-5H2,1H3. The van der Waals surface area contributed by atoms with Crippen molar-refractivity contribution < 1.29 is 14.3 Å². The second-order valence-corrected chi connectivity index (χ2v) is 2.88. The summed E-state index contributed by atoms with van der Waals surface area (Å²) in [5, 5.41) is 0. The number of ketones is 1. The maximum absolute atomic E-state index is 11.4. The van der Waals surface area contributed by atoms with Crippen LogP contribution in [0.2, 0.25) is 0 Å². The first-order chi connectivity index (χ1) is 6.31. The van der Waals surface area contributed by atoms with Crippen molar-refractivity contribution in [3.63, 3.8) is 0 Å². The molecule has 0 saturated heterocycles. The number of hydrogen-bond acceptors (Lipinski definition) is 3. The number of rotatable bonds is 1. The van der Waals surface area contributed by atoms with Crippen molar-refractivity contribution in [2.24, 2.45) is 0 Å². The molecule has 0 bridgehead atoms. The first-order valence-electron chi connectivity index (χ1n) is 4.15. The Bertz CT molecular complexity index is 344. The van der Waals surface area contributed by atoms with Crippen LogP contribution in [-0.2, 0) is 0 Å². The Morgan fingerprint density at radius 2 is 2.31 bits per heavy atom. The molecule has 0 amide bonds. The Hall–Kier alpha value is -1.51. The highest BCUT2D eigenvalue weighted by molar-refractivity contribution is 5.99. The van der Waals surface area contributed by atoms with Crippen LogP contribution in [0.3, 0.4) is 0 Å². The fourth-order valence-corrected chi connectivity index (χ4v) is 1.37. The molecule has 0 N–H and O–H groups in total. The van der Waals surface area contributed by atoms with Gasteiger partial charge < -0.3 is 9.47 Å². The number of benzene rings is 1. The van der Waals surface area contributed by atoms with Crippen LogP contribution >= 0.6 is 0 Å². The number of fused-ring (bicyclic) bond motifs is 1. The summed E-state index contributed by atoms with van der Waals surface area (Å²) in [6.45, 7) is 0.471. The lowest BCUT2D eigenvalue weighted by atomic mass is 10.1. The lowest BCUT2D eigenvalue weighted by Gasteiger charge is -2.16. The third-order valence-electron chi connectivity index (χ3n) is 2.08. The average molecular weight is 178 g/mol. The third kappa shape index (κ3) is 1.37. The van der Waals surface area contributed by atoms with Gasteiger partial charge in [0, 0.05) is 12.5 Å². The van der Waals surface area contributed by atoms with Crippen molar-refractivity contribution in [2.45, 2.75) is 6.42 Å². The van der Waals surface area contributed by atoms with E-state index in [0.717, 1.165) is 0 Å². The Kier molecular flexibility index (Phi) is 1.93. The third-order valence-corrected chi connectivity index (χ3v) is 2.08. The summed E-state index contributed by atoms with van der Waals surface area (Å²) in [5.74, 6) is 1.49. The molecule has 0 atom stereocenters. The Balaban J connectivity index is 2.45. The van der Waals surface area contributed by atoms with E-state index in [2.05, 4.69) is 0 Å². The predicted octanol–water partition coefficient (Wildman–Crippen LogP) is 1.66. The van der Waals surface area contributed by atoms with Crippen molar-refractivity contribution in [2.75, 3.05) is 13.7 Å². The van der Waals surface area contributed by atoms with E-state index in [0.29, 0.717) is 30.1 Å². The van der Waals surface area contributed by atoms with E-state index in [4.69, 9.17) is 9.47 Å². The minimum Gasteiger partial charge on any atom is -0.497 e. The zero-order valence-corrected chi connectivity index (χ0v) is 7.37. The maximum atomic E-state index is 11.4. The van der Waals surface area contributed by atoms with Crippen LogP contribution in [0.5, 0.6) is 11.5 Å². The second kappa shape index (κ2) is 3.09. The van der Waals surface area contributed by atoms with Crippen LogP contribution in [0.15, 0.2) is 18.2 Å². The number of ether oxygens (including phenoxy) is 2. The molecule has 1 heterocycles. The van der Waals surface area contributed by atoms with E-state index in [-0.39, 0.29) is 5.78 Å². The van der Waals surface area contributed by atoms with E-state index in [1.807, 2.05) is 0 Å². The summed E-state index contributed by atoms with van der Waals surface area (Å²) in [6, 6.07) is 5.26. The molecule has 0 saturated carbocycles. The van der Waals surface area contributed by atoms with Crippen molar-refractivity contribution in [1.82, 2.24) is 0 Å². The van der Waals surface area contributed by atoms with Gasteiger partial charge in [0.1, 0.15) is 11.5 Å². The molecular weight excluding hydrogens is 168 g/mol. The molecule has 1 aliphatic heterocycles. The van der Waals surface area contributed by atoms with E-state index in [9.17, 15) is 4.79 Å². The van der Waals surface area contributed by atoms with Gasteiger partial charge >= 0.3 is 0 Å². The van der Waals surface area contributed by atoms with Gasteiger partial charge in [-0.15, -0.1) is 0 Å². The topological polar surface area (TPSA) is 35.5 Å². The summed E-state index contributed by atoms with van der Waals surface area (Å²) in [6.07, 6.45) is 0.472. The van der Waals surface area contributed by atoms with Gasteiger partial charge in [-0.05, 0) is 12.1 Å². The quantitative estimate of drug-likeness (QED) is 0.656. The fraction of sp³-hybridized carbons (Fsp3) is 0.300. The number of hydrogen-bond donors (Lipinski definition) is 0. The van der Waals surface area contributed by atoms with Crippen LogP contribution in [0, 0.1) is 0 Å². The molecule has 0 fully saturated rings. The van der Waals surface area contributed by atoms with Crippen LogP contribution in [0.4, 0.5) is 0 Å². The van der Waals surface area contributed by atoms with Gasteiger partial charge in [0.2, 0.25) is 0 Å². The Morgan fingerprint density at radius 1 is 1.46 bits per heavy atom. The largest absolute Gasteiger partial charge is 0.497 e. The molecule has 2 rings (SSSR count). The van der Waals surface area contributed by atoms with Crippen LogP contribution in [0.25, 0.3) is 0 Å². The number of Topliss-reactive ketones (excluding diaryl/α,β-unsaturated/α-hetero) is 1. The lowest BCUT2D eigenvalue weighted by Crippen LogP contribution is -2.14. The van der Waals surface area contributed by atoms with E-state index >= 15 is 0 Å². The zero-order valence-electron chi connectivity index (χ0n) is 7.37. The van der Waals surface area contributed by atoms with Gasteiger partial charge in [0.05, 0.1) is 19.3 Å². The SMILES string of the molecule is COc1ccc2c(c1)OCCC2=O. The summed E-state index contributed by atoms with van der Waals surface area (Å²) in [5.41, 5.74) is 0.659. The highest BCUT2D eigenvalue weighted by Gasteiger charge is 2.18. The summed E-state index contributed by atoms with van der Waals surface area (Å²) in [4.78, 5) is 11.4. The molecule has 0 unspecified atom stereocenters. The van der Waals surface area contributed by atoms with E-state index in [1.54, 1.807) is 25.3 Å². The molecule has 0 spiro atoms. The highest BCUT2D eigenvalue weighted by atomic mass is 16.5. The molecular formula is C10H10O3. The first kappa shape index (κ1) is 8.10. The molecule has 0 radical (unpaired) electrons. The predicted molar refractivity (Wildman–Crippen MR) is 47.4 cm³/mol. The molecule has 3 nitrogen and oxygen atoms in total. The van der Waals surface area contributed by atoms with Gasteiger partial charge in [-0.1, -0.05) is 0 Å². The minimum absolute atomic E-state index is 0.143. The smallest absolute Gasteiger partial charge is 0.169 e. The van der Waals surface area contributed by atoms with Crippen LogP contribution in [0.1, 0.15) is 16.8 Å². The Morgan fingerprint density at radius 3 is 3.08 bits per heavy atom. The second-order valence-electron chi connectivity index (χ2n) is 2.88. The minimum atomic E-state index is 0.143. The Labute approximate surface area is 76.3 Å². The van der Waals surface area contributed by atoms with Gasteiger partial charge in [0.15, 0.2) is 5.78 Å². The summed E-state index contributed by atoms with van der Waals surface area (Å²) < 4.78 is 10.4. The molecule has 1 aliphatic rings. The normalized spacial score (nSPS) is 14.7. The number of carbonyl (C=O) groups excluding carboxylic acids is 1. The van der Waals surface area contributed by atoms with E-state index in [1.165, 1.54) is 0 Å². The van der Waals surface area contributed by atoms with Gasteiger partial charge in [-0.25, -0.2) is 0 Å². The van der Waals surface area contributed by atoms with Crippen LogP contribution < -0.4 is 9.47 Å². The molecule has 3 heteroatoms. The number of methoxy groups -OCH3 is 1. The lowest BCUT2D eigenvalue weighted by molar-refractivity contribution is 0.0933. The molecule has 13 heavy (non-hydrogen) atoms. The number of carbonyl (C=O) groups is 1. The van der Waals surface area contributed by atoms with Crippen molar-refractivity contribution >= 4 is 5.78 Å². The average Bonchev–Trinajstić information content (AvgIpc) is 2.18. The van der Waals surface area contributed by atoms with Crippen molar-refractivity contribution in [3.8, 4) is 11.5 Å². The molecule has 0 aliphatic carbocycles.